The van der Waals surface area contributed by atoms with Gasteiger partial charge in [0.25, 0.3) is 0 Å². The van der Waals surface area contributed by atoms with Gasteiger partial charge >= 0.3 is 0 Å². The summed E-state index contributed by atoms with van der Waals surface area (Å²) in [7, 11) is -3.81. The number of pyridine rings is 1. The molecule has 0 saturated heterocycles. The number of aryl methyl sites for hydroxylation is 2. The highest BCUT2D eigenvalue weighted by atomic mass is 32.2. The standard InChI is InChI=1S/C15H17N5O5S/c1-4-23-12-6-5-11(7-16-12)15-18-13(25-20-15)8-17-26(21,22)14-9(2)19-24-10(14)3/h5-7,17H,4,8H2,1-3H3. The lowest BCUT2D eigenvalue weighted by atomic mass is 10.3. The van der Waals surface area contributed by atoms with Crippen LogP contribution in [0.4, 0.5) is 0 Å². The average Bonchev–Trinajstić information content (AvgIpc) is 3.21. The van der Waals surface area contributed by atoms with Crippen LogP contribution in [0.5, 0.6) is 5.88 Å². The van der Waals surface area contributed by atoms with E-state index in [0.29, 0.717) is 23.9 Å². The molecule has 3 heterocycles. The molecule has 0 aliphatic carbocycles. The van der Waals surface area contributed by atoms with E-state index < -0.39 is 10.0 Å². The number of hydrogen-bond acceptors (Lipinski definition) is 9. The highest BCUT2D eigenvalue weighted by molar-refractivity contribution is 7.89. The third kappa shape index (κ3) is 3.73. The van der Waals surface area contributed by atoms with Crippen molar-refractivity contribution >= 4 is 10.0 Å². The summed E-state index contributed by atoms with van der Waals surface area (Å²) in [5.41, 5.74) is 0.902. The molecule has 3 aromatic rings. The Morgan fingerprint density at radius 2 is 2.00 bits per heavy atom. The van der Waals surface area contributed by atoms with Crippen LogP contribution in [0, 0.1) is 13.8 Å². The van der Waals surface area contributed by atoms with Crippen LogP contribution in [0.15, 0.2) is 32.3 Å². The fourth-order valence-corrected chi connectivity index (χ4v) is 3.58. The van der Waals surface area contributed by atoms with Gasteiger partial charge in [-0.05, 0) is 26.8 Å². The molecular weight excluding hydrogens is 362 g/mol. The zero-order chi connectivity index (χ0) is 18.7. The van der Waals surface area contributed by atoms with Crippen molar-refractivity contribution in [3.05, 3.63) is 35.7 Å². The van der Waals surface area contributed by atoms with Crippen molar-refractivity contribution in [2.45, 2.75) is 32.2 Å². The average molecular weight is 379 g/mol. The third-order valence-electron chi connectivity index (χ3n) is 3.40. The maximum Gasteiger partial charge on any atom is 0.246 e. The molecule has 0 spiro atoms. The van der Waals surface area contributed by atoms with Crippen LogP contribution in [-0.2, 0) is 16.6 Å². The minimum atomic E-state index is -3.81. The van der Waals surface area contributed by atoms with Crippen LogP contribution in [0.25, 0.3) is 11.4 Å². The number of aromatic nitrogens is 4. The molecule has 3 aromatic heterocycles. The first-order valence-electron chi connectivity index (χ1n) is 7.75. The fourth-order valence-electron chi connectivity index (χ4n) is 2.28. The van der Waals surface area contributed by atoms with Crippen LogP contribution in [0.3, 0.4) is 0 Å². The van der Waals surface area contributed by atoms with Crippen molar-refractivity contribution in [3.8, 4) is 17.3 Å². The molecule has 0 saturated carbocycles. The van der Waals surface area contributed by atoms with E-state index >= 15 is 0 Å². The van der Waals surface area contributed by atoms with Crippen molar-refractivity contribution in [1.82, 2.24) is 25.0 Å². The van der Waals surface area contributed by atoms with Gasteiger partial charge in [0, 0.05) is 17.8 Å². The van der Waals surface area contributed by atoms with Gasteiger partial charge in [-0.15, -0.1) is 0 Å². The van der Waals surface area contributed by atoms with E-state index in [1.54, 1.807) is 25.3 Å². The SMILES string of the molecule is CCOc1ccc(-c2noc(CNS(=O)(=O)c3c(C)noc3C)n2)cn1. The molecule has 0 aliphatic heterocycles. The summed E-state index contributed by atoms with van der Waals surface area (Å²) < 4.78 is 42.3. The van der Waals surface area contributed by atoms with Gasteiger partial charge in [0.2, 0.25) is 27.6 Å². The second kappa shape index (κ2) is 7.22. The van der Waals surface area contributed by atoms with Gasteiger partial charge in [-0.2, -0.15) is 4.98 Å². The van der Waals surface area contributed by atoms with E-state index in [1.165, 1.54) is 6.92 Å². The number of rotatable bonds is 7. The van der Waals surface area contributed by atoms with E-state index in [2.05, 4.69) is 25.0 Å². The van der Waals surface area contributed by atoms with Crippen LogP contribution in [0.2, 0.25) is 0 Å². The van der Waals surface area contributed by atoms with Gasteiger partial charge in [-0.25, -0.2) is 18.1 Å². The predicted molar refractivity (Wildman–Crippen MR) is 88.7 cm³/mol. The summed E-state index contributed by atoms with van der Waals surface area (Å²) in [6.07, 6.45) is 1.55. The molecule has 0 aliphatic rings. The van der Waals surface area contributed by atoms with E-state index in [1.807, 2.05) is 6.92 Å². The smallest absolute Gasteiger partial charge is 0.246 e. The maximum atomic E-state index is 12.4. The number of sulfonamides is 1. The van der Waals surface area contributed by atoms with Crippen LogP contribution in [-0.4, -0.2) is 35.3 Å². The lowest BCUT2D eigenvalue weighted by molar-refractivity contribution is 0.327. The Bertz CT molecular complexity index is 974. The number of nitrogens with one attached hydrogen (secondary N) is 1. The van der Waals surface area contributed by atoms with E-state index in [9.17, 15) is 8.42 Å². The van der Waals surface area contributed by atoms with Gasteiger partial charge in [-0.3, -0.25) is 0 Å². The summed E-state index contributed by atoms with van der Waals surface area (Å²) in [5.74, 6) is 1.12. The zero-order valence-corrected chi connectivity index (χ0v) is 15.2. The Morgan fingerprint density at radius 1 is 1.19 bits per heavy atom. The molecule has 0 fully saturated rings. The Hall–Kier alpha value is -2.79. The Balaban J connectivity index is 1.71. The largest absolute Gasteiger partial charge is 0.478 e. The molecule has 3 rings (SSSR count). The first-order chi connectivity index (χ1) is 12.4. The molecule has 1 N–H and O–H groups in total. The molecule has 0 bridgehead atoms. The van der Waals surface area contributed by atoms with Crippen molar-refractivity contribution < 1.29 is 22.2 Å². The van der Waals surface area contributed by atoms with Crippen LogP contribution < -0.4 is 9.46 Å². The third-order valence-corrected chi connectivity index (χ3v) is 5.05. The van der Waals surface area contributed by atoms with Gasteiger partial charge < -0.3 is 13.8 Å². The van der Waals surface area contributed by atoms with Crippen molar-refractivity contribution in [2.24, 2.45) is 0 Å². The first kappa shape index (κ1) is 18.0. The van der Waals surface area contributed by atoms with Gasteiger partial charge in [0.1, 0.15) is 10.6 Å². The second-order valence-corrected chi connectivity index (χ2v) is 7.01. The molecule has 0 radical (unpaired) electrons. The summed E-state index contributed by atoms with van der Waals surface area (Å²) in [5, 5.41) is 7.47. The minimum absolute atomic E-state index is 0.00736. The molecule has 11 heteroatoms. The number of ether oxygens (including phenoxy) is 1. The van der Waals surface area contributed by atoms with E-state index in [0.717, 1.165) is 0 Å². The molecule has 0 amide bonds. The zero-order valence-electron chi connectivity index (χ0n) is 14.4. The number of hydrogen-bond donors (Lipinski definition) is 1. The summed E-state index contributed by atoms with van der Waals surface area (Å²) in [6, 6.07) is 3.43. The van der Waals surface area contributed by atoms with E-state index in [4.69, 9.17) is 13.8 Å². The molecular formula is C15H17N5O5S. The lowest BCUT2D eigenvalue weighted by Crippen LogP contribution is -2.24. The second-order valence-electron chi connectivity index (χ2n) is 5.31. The van der Waals surface area contributed by atoms with Crippen molar-refractivity contribution in [1.29, 1.82) is 0 Å². The minimum Gasteiger partial charge on any atom is -0.478 e. The highest BCUT2D eigenvalue weighted by Crippen LogP contribution is 2.20. The normalized spacial score (nSPS) is 11.7. The topological polar surface area (TPSA) is 133 Å². The summed E-state index contributed by atoms with van der Waals surface area (Å²) in [6.45, 7) is 5.30. The summed E-state index contributed by atoms with van der Waals surface area (Å²) >= 11 is 0. The summed E-state index contributed by atoms with van der Waals surface area (Å²) in [4.78, 5) is 8.29. The molecule has 138 valence electrons. The van der Waals surface area contributed by atoms with Crippen LogP contribution >= 0.6 is 0 Å². The molecule has 0 atom stereocenters. The molecule has 10 nitrogen and oxygen atoms in total. The first-order valence-corrected chi connectivity index (χ1v) is 9.23. The molecule has 0 unspecified atom stereocenters. The fraction of sp³-hybridized carbons (Fsp3) is 0.333. The maximum absolute atomic E-state index is 12.4. The Kier molecular flexibility index (Phi) is 5.00. The van der Waals surface area contributed by atoms with E-state index in [-0.39, 0.29) is 28.8 Å². The van der Waals surface area contributed by atoms with Gasteiger partial charge in [0.15, 0.2) is 5.76 Å². The molecule has 0 aromatic carbocycles. The predicted octanol–water partition coefficient (Wildman–Crippen LogP) is 1.61. The van der Waals surface area contributed by atoms with Crippen molar-refractivity contribution in [3.63, 3.8) is 0 Å². The quantitative estimate of drug-likeness (QED) is 0.650. The monoisotopic (exact) mass is 379 g/mol. The number of nitrogens with zero attached hydrogens (tertiary/aromatic N) is 4. The molecule has 26 heavy (non-hydrogen) atoms. The highest BCUT2D eigenvalue weighted by Gasteiger charge is 2.24. The Morgan fingerprint density at radius 3 is 2.62 bits per heavy atom. The van der Waals surface area contributed by atoms with Crippen molar-refractivity contribution in [2.75, 3.05) is 6.61 Å². The lowest BCUT2D eigenvalue weighted by Gasteiger charge is -2.03. The Labute approximate surface area is 149 Å². The van der Waals surface area contributed by atoms with Gasteiger partial charge in [0.05, 0.1) is 13.2 Å². The van der Waals surface area contributed by atoms with Crippen LogP contribution in [0.1, 0.15) is 24.3 Å². The van der Waals surface area contributed by atoms with Gasteiger partial charge in [-0.1, -0.05) is 10.3 Å².